The first-order valence-corrected chi connectivity index (χ1v) is 13.5. The molecule has 0 aliphatic carbocycles. The SMILES string of the molecule is CS(=O)(=O)Nc1ccc2[nH]c(C(=O)N3CCN(c4ncccc4OCc4ccccc4)CC3)cc2c1. The highest BCUT2D eigenvalue weighted by Crippen LogP contribution is 2.28. The van der Waals surface area contributed by atoms with Gasteiger partial charge in [-0.05, 0) is 42.0 Å². The van der Waals surface area contributed by atoms with E-state index in [1.165, 1.54) is 0 Å². The lowest BCUT2D eigenvalue weighted by atomic mass is 10.2. The summed E-state index contributed by atoms with van der Waals surface area (Å²) in [5, 5.41) is 0.763. The smallest absolute Gasteiger partial charge is 0.270 e. The molecule has 2 aromatic heterocycles. The zero-order valence-electron chi connectivity index (χ0n) is 19.8. The average molecular weight is 506 g/mol. The number of sulfonamides is 1. The number of benzene rings is 2. The second kappa shape index (κ2) is 9.90. The van der Waals surface area contributed by atoms with Crippen LogP contribution in [-0.4, -0.2) is 61.6 Å². The Morgan fingerprint density at radius 1 is 1.03 bits per heavy atom. The zero-order chi connectivity index (χ0) is 25.1. The summed E-state index contributed by atoms with van der Waals surface area (Å²) in [6.07, 6.45) is 2.85. The Bertz CT molecular complexity index is 1480. The monoisotopic (exact) mass is 505 g/mol. The number of fused-ring (bicyclic) bond motifs is 1. The molecule has 1 fully saturated rings. The Morgan fingerprint density at radius 3 is 2.56 bits per heavy atom. The Labute approximate surface area is 209 Å². The van der Waals surface area contributed by atoms with Crippen molar-refractivity contribution in [2.75, 3.05) is 42.1 Å². The first-order valence-electron chi connectivity index (χ1n) is 11.6. The minimum absolute atomic E-state index is 0.0926. The van der Waals surface area contributed by atoms with Crippen molar-refractivity contribution in [1.82, 2.24) is 14.9 Å². The first kappa shape index (κ1) is 23.7. The van der Waals surface area contributed by atoms with Gasteiger partial charge in [0.1, 0.15) is 12.3 Å². The largest absolute Gasteiger partial charge is 0.485 e. The van der Waals surface area contributed by atoms with Crippen molar-refractivity contribution in [2.24, 2.45) is 0 Å². The summed E-state index contributed by atoms with van der Waals surface area (Å²) in [5.41, 5.74) is 2.78. The molecule has 0 atom stereocenters. The second-order valence-electron chi connectivity index (χ2n) is 8.74. The summed E-state index contributed by atoms with van der Waals surface area (Å²) in [7, 11) is -3.38. The Kier molecular flexibility index (Phi) is 6.51. The fraction of sp³-hybridized carbons (Fsp3) is 0.231. The predicted octanol–water partition coefficient (Wildman–Crippen LogP) is 3.48. The van der Waals surface area contributed by atoms with Gasteiger partial charge in [0.05, 0.1) is 6.26 Å². The number of nitrogens with one attached hydrogen (secondary N) is 2. The minimum Gasteiger partial charge on any atom is -0.485 e. The van der Waals surface area contributed by atoms with Crippen molar-refractivity contribution in [3.63, 3.8) is 0 Å². The molecule has 5 rings (SSSR count). The first-order chi connectivity index (χ1) is 17.4. The normalized spacial score (nSPS) is 14.1. The molecular weight excluding hydrogens is 478 g/mol. The maximum absolute atomic E-state index is 13.2. The van der Waals surface area contributed by atoms with E-state index in [0.29, 0.717) is 44.2 Å². The van der Waals surface area contributed by atoms with E-state index < -0.39 is 10.0 Å². The lowest BCUT2D eigenvalue weighted by Crippen LogP contribution is -2.49. The second-order valence-corrected chi connectivity index (χ2v) is 10.5. The zero-order valence-corrected chi connectivity index (χ0v) is 20.7. The number of pyridine rings is 1. The van der Waals surface area contributed by atoms with E-state index in [-0.39, 0.29) is 5.91 Å². The van der Waals surface area contributed by atoms with E-state index in [0.717, 1.165) is 34.3 Å². The summed E-state index contributed by atoms with van der Waals surface area (Å²) < 4.78 is 31.5. The third-order valence-corrected chi connectivity index (χ3v) is 6.62. The predicted molar refractivity (Wildman–Crippen MR) is 140 cm³/mol. The Balaban J connectivity index is 1.24. The topological polar surface area (TPSA) is 108 Å². The number of amides is 1. The maximum Gasteiger partial charge on any atom is 0.270 e. The molecule has 1 aliphatic heterocycles. The van der Waals surface area contributed by atoms with Crippen LogP contribution in [0.25, 0.3) is 10.9 Å². The molecule has 9 nitrogen and oxygen atoms in total. The van der Waals surface area contributed by atoms with E-state index in [2.05, 4.69) is 19.6 Å². The minimum atomic E-state index is -3.38. The van der Waals surface area contributed by atoms with Gasteiger partial charge < -0.3 is 19.5 Å². The van der Waals surface area contributed by atoms with Crippen molar-refractivity contribution in [2.45, 2.75) is 6.61 Å². The van der Waals surface area contributed by atoms with Crippen LogP contribution in [0, 0.1) is 0 Å². The van der Waals surface area contributed by atoms with Crippen molar-refractivity contribution in [3.05, 3.63) is 84.2 Å². The summed E-state index contributed by atoms with van der Waals surface area (Å²) in [5.74, 6) is 1.40. The van der Waals surface area contributed by atoms with Gasteiger partial charge in [0.15, 0.2) is 11.6 Å². The van der Waals surface area contributed by atoms with Crippen molar-refractivity contribution >= 4 is 38.3 Å². The number of rotatable bonds is 7. The third-order valence-electron chi connectivity index (χ3n) is 6.01. The molecule has 2 aromatic carbocycles. The Morgan fingerprint density at radius 2 is 1.81 bits per heavy atom. The number of hydrogen-bond acceptors (Lipinski definition) is 6. The number of nitrogens with zero attached hydrogens (tertiary/aromatic N) is 3. The van der Waals surface area contributed by atoms with Crippen LogP contribution in [0.1, 0.15) is 16.1 Å². The van der Waals surface area contributed by atoms with E-state index in [1.54, 1.807) is 30.5 Å². The number of carbonyl (C=O) groups is 1. The molecular formula is C26H27N5O4S. The summed E-state index contributed by atoms with van der Waals surface area (Å²) >= 11 is 0. The number of ether oxygens (including phenoxy) is 1. The molecule has 10 heteroatoms. The van der Waals surface area contributed by atoms with Gasteiger partial charge in [-0.2, -0.15) is 0 Å². The van der Waals surface area contributed by atoms with Crippen LogP contribution in [0.15, 0.2) is 72.9 Å². The van der Waals surface area contributed by atoms with Gasteiger partial charge in [-0.3, -0.25) is 9.52 Å². The highest BCUT2D eigenvalue weighted by Gasteiger charge is 2.25. The number of H-pyrrole nitrogens is 1. The molecule has 2 N–H and O–H groups in total. The fourth-order valence-corrected chi connectivity index (χ4v) is 4.84. The van der Waals surface area contributed by atoms with E-state index in [9.17, 15) is 13.2 Å². The quantitative estimate of drug-likeness (QED) is 0.398. The molecule has 1 amide bonds. The molecule has 1 aliphatic rings. The lowest BCUT2D eigenvalue weighted by molar-refractivity contribution is 0.0741. The summed E-state index contributed by atoms with van der Waals surface area (Å²) in [6, 6.07) is 20.6. The lowest BCUT2D eigenvalue weighted by Gasteiger charge is -2.35. The third kappa shape index (κ3) is 5.44. The van der Waals surface area contributed by atoms with Crippen LogP contribution in [0.5, 0.6) is 5.75 Å². The van der Waals surface area contributed by atoms with Gasteiger partial charge in [0.25, 0.3) is 5.91 Å². The Hall–Kier alpha value is -4.05. The number of aromatic amines is 1. The molecule has 3 heterocycles. The highest BCUT2D eigenvalue weighted by atomic mass is 32.2. The van der Waals surface area contributed by atoms with E-state index in [4.69, 9.17) is 4.74 Å². The van der Waals surface area contributed by atoms with Crippen molar-refractivity contribution in [3.8, 4) is 5.75 Å². The average Bonchev–Trinajstić information content (AvgIpc) is 3.30. The number of anilines is 2. The molecule has 0 bridgehead atoms. The number of piperazine rings is 1. The number of hydrogen-bond donors (Lipinski definition) is 2. The summed E-state index contributed by atoms with van der Waals surface area (Å²) in [4.78, 5) is 24.8. The highest BCUT2D eigenvalue weighted by molar-refractivity contribution is 7.92. The van der Waals surface area contributed by atoms with Gasteiger partial charge in [0.2, 0.25) is 10.0 Å². The number of aromatic nitrogens is 2. The molecule has 36 heavy (non-hydrogen) atoms. The fourth-order valence-electron chi connectivity index (χ4n) is 4.28. The molecule has 0 radical (unpaired) electrons. The van der Waals surface area contributed by atoms with Gasteiger partial charge in [0, 0.05) is 49.0 Å². The maximum atomic E-state index is 13.2. The van der Waals surface area contributed by atoms with Gasteiger partial charge >= 0.3 is 0 Å². The molecule has 0 unspecified atom stereocenters. The molecule has 1 saturated heterocycles. The summed E-state index contributed by atoms with van der Waals surface area (Å²) in [6.45, 7) is 2.81. The van der Waals surface area contributed by atoms with Gasteiger partial charge in [-0.25, -0.2) is 13.4 Å². The molecule has 186 valence electrons. The standard InChI is InChI=1S/C26H27N5O4S/c1-36(33,34)29-21-9-10-22-20(16-21)17-23(28-22)26(32)31-14-12-30(13-15-31)25-24(8-5-11-27-25)35-18-19-6-3-2-4-7-19/h2-11,16-17,28-29H,12-15,18H2,1H3. The van der Waals surface area contributed by atoms with E-state index in [1.807, 2.05) is 47.4 Å². The van der Waals surface area contributed by atoms with Gasteiger partial charge in [-0.1, -0.05) is 30.3 Å². The van der Waals surface area contributed by atoms with Crippen LogP contribution in [-0.2, 0) is 16.6 Å². The van der Waals surface area contributed by atoms with Crippen molar-refractivity contribution < 1.29 is 17.9 Å². The van der Waals surface area contributed by atoms with Crippen molar-refractivity contribution in [1.29, 1.82) is 0 Å². The van der Waals surface area contributed by atoms with Gasteiger partial charge in [-0.15, -0.1) is 0 Å². The van der Waals surface area contributed by atoms with Crippen LogP contribution in [0.4, 0.5) is 11.5 Å². The van der Waals surface area contributed by atoms with Crippen LogP contribution in [0.2, 0.25) is 0 Å². The van der Waals surface area contributed by atoms with Crippen LogP contribution < -0.4 is 14.4 Å². The molecule has 0 saturated carbocycles. The van der Waals surface area contributed by atoms with Crippen LogP contribution in [0.3, 0.4) is 0 Å². The molecule has 4 aromatic rings. The van der Waals surface area contributed by atoms with Crippen LogP contribution >= 0.6 is 0 Å². The van der Waals surface area contributed by atoms with E-state index >= 15 is 0 Å². The molecule has 0 spiro atoms. The number of carbonyl (C=O) groups excluding carboxylic acids is 1.